The summed E-state index contributed by atoms with van der Waals surface area (Å²) in [4.78, 5) is 8.90. The molecule has 5 aromatic rings. The summed E-state index contributed by atoms with van der Waals surface area (Å²) in [5.41, 5.74) is 6.11. The number of fused-ring (bicyclic) bond motifs is 3. The second kappa shape index (κ2) is 10.1. The number of aliphatic carboxylic acids is 1. The van der Waals surface area contributed by atoms with E-state index in [0.717, 1.165) is 40.4 Å². The average Bonchev–Trinajstić information content (AvgIpc) is 3.57. The first-order valence-corrected chi connectivity index (χ1v) is 11.2. The van der Waals surface area contributed by atoms with Crippen molar-refractivity contribution < 1.29 is 23.1 Å². The third-order valence-electron chi connectivity index (χ3n) is 5.61. The van der Waals surface area contributed by atoms with Crippen LogP contribution in [0.25, 0.3) is 28.1 Å². The Hall–Kier alpha value is -4.66. The predicted octanol–water partition coefficient (Wildman–Crippen LogP) is 4.70. The molecule has 0 spiro atoms. The minimum absolute atomic E-state index is 0.0905. The van der Waals surface area contributed by atoms with Crippen LogP contribution in [0.3, 0.4) is 0 Å². The lowest BCUT2D eigenvalue weighted by Crippen LogP contribution is -2.21. The molecule has 0 aliphatic rings. The van der Waals surface area contributed by atoms with Gasteiger partial charge in [0.05, 0.1) is 35.3 Å². The zero-order valence-electron chi connectivity index (χ0n) is 19.9. The molecule has 4 aromatic heterocycles. The van der Waals surface area contributed by atoms with E-state index in [9.17, 15) is 13.2 Å². The molecule has 1 atom stereocenters. The topological polar surface area (TPSA) is 114 Å². The smallest absolute Gasteiger partial charge is 0.475 e. The van der Waals surface area contributed by atoms with Gasteiger partial charge in [0.25, 0.3) is 0 Å². The fraction of sp³-hybridized carbons (Fsp3) is 0.240. The van der Waals surface area contributed by atoms with Crippen LogP contribution in [-0.4, -0.2) is 46.2 Å². The van der Waals surface area contributed by atoms with Crippen molar-refractivity contribution >= 4 is 22.6 Å². The van der Waals surface area contributed by atoms with E-state index in [-0.39, 0.29) is 5.92 Å². The van der Waals surface area contributed by atoms with Gasteiger partial charge in [-0.05, 0) is 43.7 Å². The molecular weight excluding hydrogens is 487 g/mol. The highest BCUT2D eigenvalue weighted by Crippen LogP contribution is 2.29. The van der Waals surface area contributed by atoms with E-state index in [2.05, 4.69) is 61.6 Å². The summed E-state index contributed by atoms with van der Waals surface area (Å²) in [6, 6.07) is 20.9. The number of nitrogens with zero attached hydrogens (tertiary/aromatic N) is 7. The Labute approximate surface area is 209 Å². The standard InChI is InChI=1S/C23H21N7.C2HF3O2/c1-16(13-24)14-28-11-10-19(27-28)21-12-22-20(8-9-23-26-25-17(2)30(22)23)29(21)15-18-6-4-3-5-7-18;3-2(4,5)1(6)7/h3-12,16H,14-15H2,1-2H3;(H,6,7). The van der Waals surface area contributed by atoms with Crippen LogP contribution < -0.4 is 0 Å². The third kappa shape index (κ3) is 5.45. The minimum Gasteiger partial charge on any atom is -0.475 e. The molecule has 5 rings (SSSR count). The van der Waals surface area contributed by atoms with Gasteiger partial charge in [0.2, 0.25) is 0 Å². The lowest BCUT2D eigenvalue weighted by Gasteiger charge is -2.10. The number of nitriles is 1. The van der Waals surface area contributed by atoms with Crippen molar-refractivity contribution in [3.8, 4) is 17.5 Å². The van der Waals surface area contributed by atoms with Gasteiger partial charge in [-0.15, -0.1) is 10.2 Å². The molecule has 0 aliphatic heterocycles. The van der Waals surface area contributed by atoms with E-state index in [0.29, 0.717) is 6.54 Å². The van der Waals surface area contributed by atoms with Gasteiger partial charge in [-0.25, -0.2) is 4.79 Å². The van der Waals surface area contributed by atoms with Crippen LogP contribution in [0.5, 0.6) is 0 Å². The van der Waals surface area contributed by atoms with Crippen LogP contribution in [0.1, 0.15) is 18.3 Å². The number of hydrogen-bond donors (Lipinski definition) is 1. The Morgan fingerprint density at radius 3 is 2.46 bits per heavy atom. The SMILES string of the molecule is Cc1nnc2ccc3c(cc(-c4ccn(CC(C)C#N)n4)n3Cc3ccccc3)n12.O=C(O)C(F)(F)F. The summed E-state index contributed by atoms with van der Waals surface area (Å²) in [5, 5.41) is 29.5. The first kappa shape index (κ1) is 25.4. The molecule has 4 heterocycles. The van der Waals surface area contributed by atoms with E-state index in [4.69, 9.17) is 20.3 Å². The molecule has 0 bridgehead atoms. The highest BCUT2D eigenvalue weighted by atomic mass is 19.4. The van der Waals surface area contributed by atoms with Crippen LogP contribution in [0.4, 0.5) is 13.2 Å². The lowest BCUT2D eigenvalue weighted by molar-refractivity contribution is -0.192. The van der Waals surface area contributed by atoms with E-state index in [1.54, 1.807) is 0 Å². The number of halogens is 3. The highest BCUT2D eigenvalue weighted by molar-refractivity contribution is 5.86. The molecule has 1 aromatic carbocycles. The van der Waals surface area contributed by atoms with Gasteiger partial charge >= 0.3 is 12.1 Å². The highest BCUT2D eigenvalue weighted by Gasteiger charge is 2.38. The van der Waals surface area contributed by atoms with E-state index >= 15 is 0 Å². The van der Waals surface area contributed by atoms with Crippen molar-refractivity contribution in [3.05, 3.63) is 72.2 Å². The van der Waals surface area contributed by atoms with Crippen LogP contribution in [-0.2, 0) is 17.9 Å². The zero-order chi connectivity index (χ0) is 26.7. The van der Waals surface area contributed by atoms with Crippen molar-refractivity contribution in [2.75, 3.05) is 0 Å². The van der Waals surface area contributed by atoms with E-state index in [1.807, 2.05) is 42.9 Å². The Morgan fingerprint density at radius 2 is 1.81 bits per heavy atom. The summed E-state index contributed by atoms with van der Waals surface area (Å²) < 4.78 is 37.9. The maximum atomic E-state index is 10.6. The molecule has 0 fully saturated rings. The molecule has 0 aliphatic carbocycles. The molecular formula is C25H22F3N7O2. The number of rotatable bonds is 5. The largest absolute Gasteiger partial charge is 0.490 e. The normalized spacial score (nSPS) is 12.2. The Balaban J connectivity index is 0.000000405. The van der Waals surface area contributed by atoms with Gasteiger partial charge < -0.3 is 9.67 Å². The van der Waals surface area contributed by atoms with Crippen molar-refractivity contribution in [3.63, 3.8) is 0 Å². The van der Waals surface area contributed by atoms with Crippen molar-refractivity contribution in [1.29, 1.82) is 5.26 Å². The van der Waals surface area contributed by atoms with Crippen molar-refractivity contribution in [2.45, 2.75) is 33.1 Å². The number of pyridine rings is 1. The predicted molar refractivity (Wildman–Crippen MR) is 128 cm³/mol. The van der Waals surface area contributed by atoms with E-state index in [1.165, 1.54) is 5.56 Å². The zero-order valence-corrected chi connectivity index (χ0v) is 19.9. The number of carboxylic acids is 1. The Kier molecular flexibility index (Phi) is 6.97. The molecule has 0 saturated heterocycles. The summed E-state index contributed by atoms with van der Waals surface area (Å²) in [6.45, 7) is 5.17. The number of carboxylic acid groups (broad SMARTS) is 1. The van der Waals surface area contributed by atoms with E-state index < -0.39 is 12.1 Å². The Morgan fingerprint density at radius 1 is 1.11 bits per heavy atom. The third-order valence-corrected chi connectivity index (χ3v) is 5.61. The second-order valence-corrected chi connectivity index (χ2v) is 8.40. The van der Waals surface area contributed by atoms with Crippen LogP contribution >= 0.6 is 0 Å². The van der Waals surface area contributed by atoms with Gasteiger partial charge in [-0.1, -0.05) is 30.3 Å². The van der Waals surface area contributed by atoms with Crippen molar-refractivity contribution in [1.82, 2.24) is 28.9 Å². The second-order valence-electron chi connectivity index (χ2n) is 8.40. The molecule has 37 heavy (non-hydrogen) atoms. The monoisotopic (exact) mass is 509 g/mol. The maximum absolute atomic E-state index is 10.6. The van der Waals surface area contributed by atoms with Gasteiger partial charge in [0, 0.05) is 12.7 Å². The number of benzene rings is 1. The minimum atomic E-state index is -5.08. The van der Waals surface area contributed by atoms with Crippen molar-refractivity contribution in [2.24, 2.45) is 5.92 Å². The molecule has 1 unspecified atom stereocenters. The number of hydrogen-bond acceptors (Lipinski definition) is 5. The molecule has 1 N–H and O–H groups in total. The summed E-state index contributed by atoms with van der Waals surface area (Å²) in [5.74, 6) is -1.99. The van der Waals surface area contributed by atoms with Gasteiger partial charge in [0.1, 0.15) is 11.5 Å². The Bertz CT molecular complexity index is 1590. The first-order chi connectivity index (χ1) is 17.6. The quantitative estimate of drug-likeness (QED) is 0.368. The summed E-state index contributed by atoms with van der Waals surface area (Å²) >= 11 is 0. The van der Waals surface area contributed by atoms with Crippen LogP contribution in [0, 0.1) is 24.2 Å². The molecule has 0 radical (unpaired) electrons. The number of alkyl halides is 3. The average molecular weight is 509 g/mol. The maximum Gasteiger partial charge on any atom is 0.490 e. The molecule has 0 saturated carbocycles. The molecule has 0 amide bonds. The van der Waals surface area contributed by atoms with Gasteiger partial charge in [-0.2, -0.15) is 23.5 Å². The summed E-state index contributed by atoms with van der Waals surface area (Å²) in [7, 11) is 0. The van der Waals surface area contributed by atoms with Gasteiger partial charge in [-0.3, -0.25) is 9.08 Å². The number of carbonyl (C=O) groups is 1. The fourth-order valence-electron chi connectivity index (χ4n) is 3.91. The molecule has 190 valence electrons. The number of aromatic nitrogens is 6. The lowest BCUT2D eigenvalue weighted by atomic mass is 10.2. The first-order valence-electron chi connectivity index (χ1n) is 11.2. The summed E-state index contributed by atoms with van der Waals surface area (Å²) in [6.07, 6.45) is -3.15. The van der Waals surface area contributed by atoms with Gasteiger partial charge in [0.15, 0.2) is 5.65 Å². The number of aryl methyl sites for hydroxylation is 1. The van der Waals surface area contributed by atoms with Crippen LogP contribution in [0.2, 0.25) is 0 Å². The van der Waals surface area contributed by atoms with Crippen LogP contribution in [0.15, 0.2) is 60.8 Å². The molecule has 12 heteroatoms. The molecule has 9 nitrogen and oxygen atoms in total. The fourth-order valence-corrected chi connectivity index (χ4v) is 3.91.